The number of hydrogen-bond donors (Lipinski definition) is 1. The van der Waals surface area contributed by atoms with Crippen molar-refractivity contribution >= 4 is 15.9 Å². The van der Waals surface area contributed by atoms with Crippen molar-refractivity contribution < 1.29 is 17.9 Å². The number of ether oxygens (including phenoxy) is 1. The molecule has 8 heteroatoms. The lowest BCUT2D eigenvalue weighted by Crippen LogP contribution is -2.36. The van der Waals surface area contributed by atoms with Gasteiger partial charge in [-0.25, -0.2) is 8.42 Å². The molecule has 1 aliphatic heterocycles. The Morgan fingerprint density at radius 1 is 1.48 bits per heavy atom. The molecule has 0 aliphatic carbocycles. The topological polar surface area (TPSA) is 88.6 Å². The predicted octanol–water partition coefficient (Wildman–Crippen LogP) is 0.529. The number of nitrogens with zero attached hydrogens (tertiary/aromatic N) is 2. The fraction of sp³-hybridized carbons (Fsp3) is 0.600. The lowest BCUT2D eigenvalue weighted by molar-refractivity contribution is -0.121. The molecular weight excluding hydrogens is 318 g/mol. The molecule has 2 rings (SSSR count). The molecule has 1 aromatic rings. The Morgan fingerprint density at radius 3 is 2.91 bits per heavy atom. The maximum Gasteiger partial charge on any atom is 0.221 e. The van der Waals surface area contributed by atoms with Crippen LogP contribution >= 0.6 is 0 Å². The molecule has 0 radical (unpaired) electrons. The van der Waals surface area contributed by atoms with Crippen molar-refractivity contribution in [3.63, 3.8) is 0 Å². The van der Waals surface area contributed by atoms with Gasteiger partial charge in [0.15, 0.2) is 0 Å². The number of sulfonamides is 1. The molecule has 0 saturated carbocycles. The van der Waals surface area contributed by atoms with Gasteiger partial charge in [0.2, 0.25) is 15.9 Å². The number of pyridine rings is 1. The number of carbonyl (C=O) groups is 1. The zero-order chi connectivity index (χ0) is 16.7. The summed E-state index contributed by atoms with van der Waals surface area (Å²) >= 11 is 0. The normalized spacial score (nSPS) is 18.3. The molecule has 0 bridgehead atoms. The monoisotopic (exact) mass is 341 g/mol. The maximum absolute atomic E-state index is 11.9. The van der Waals surface area contributed by atoms with Gasteiger partial charge in [-0.3, -0.25) is 9.78 Å². The van der Waals surface area contributed by atoms with E-state index in [1.165, 1.54) is 4.31 Å². The minimum Gasteiger partial charge on any atom is -0.376 e. The van der Waals surface area contributed by atoms with Gasteiger partial charge in [0.1, 0.15) is 0 Å². The van der Waals surface area contributed by atoms with Gasteiger partial charge in [0.05, 0.1) is 24.6 Å². The van der Waals surface area contributed by atoms with Crippen LogP contribution in [-0.2, 0) is 26.1 Å². The summed E-state index contributed by atoms with van der Waals surface area (Å²) in [4.78, 5) is 16.0. The van der Waals surface area contributed by atoms with Crippen LogP contribution < -0.4 is 5.32 Å². The highest BCUT2D eigenvalue weighted by atomic mass is 32.2. The Labute approximate surface area is 137 Å². The second kappa shape index (κ2) is 8.37. The highest BCUT2D eigenvalue weighted by molar-refractivity contribution is 7.88. The lowest BCUT2D eigenvalue weighted by atomic mass is 10.2. The minimum atomic E-state index is -3.40. The summed E-state index contributed by atoms with van der Waals surface area (Å²) in [6.07, 6.45) is 4.93. The molecule has 23 heavy (non-hydrogen) atoms. The fourth-order valence-electron chi connectivity index (χ4n) is 2.38. The molecule has 1 aliphatic rings. The molecular formula is C15H23N3O4S. The largest absolute Gasteiger partial charge is 0.376 e. The van der Waals surface area contributed by atoms with E-state index in [4.69, 9.17) is 4.74 Å². The molecule has 2 heterocycles. The van der Waals surface area contributed by atoms with Gasteiger partial charge in [0, 0.05) is 32.3 Å². The maximum atomic E-state index is 11.9. The summed E-state index contributed by atoms with van der Waals surface area (Å²) in [6.45, 7) is 1.52. The Balaban J connectivity index is 1.82. The van der Waals surface area contributed by atoms with E-state index in [-0.39, 0.29) is 31.5 Å². The second-order valence-electron chi connectivity index (χ2n) is 5.61. The smallest absolute Gasteiger partial charge is 0.221 e. The standard InChI is InChI=1S/C15H23N3O4S/c1-23(20,21)18(12-13-5-2-3-8-16-13)9-7-15(19)17-11-14-6-4-10-22-14/h2-3,5,8,14H,4,6-7,9-12H2,1H3,(H,17,19). The van der Waals surface area contributed by atoms with E-state index < -0.39 is 10.0 Å². The minimum absolute atomic E-state index is 0.0819. The number of hydrogen-bond acceptors (Lipinski definition) is 5. The average Bonchev–Trinajstić information content (AvgIpc) is 3.02. The van der Waals surface area contributed by atoms with Crippen LogP contribution in [0.5, 0.6) is 0 Å². The molecule has 1 saturated heterocycles. The highest BCUT2D eigenvalue weighted by Crippen LogP contribution is 2.11. The van der Waals surface area contributed by atoms with Crippen molar-refractivity contribution in [1.82, 2.24) is 14.6 Å². The molecule has 1 unspecified atom stereocenters. The van der Waals surface area contributed by atoms with Gasteiger partial charge < -0.3 is 10.1 Å². The summed E-state index contributed by atoms with van der Waals surface area (Å²) in [7, 11) is -3.40. The SMILES string of the molecule is CS(=O)(=O)N(CCC(=O)NCC1CCCO1)Cc1ccccn1. The molecule has 1 amide bonds. The van der Waals surface area contributed by atoms with Crippen molar-refractivity contribution in [3.05, 3.63) is 30.1 Å². The zero-order valence-electron chi connectivity index (χ0n) is 13.3. The van der Waals surface area contributed by atoms with E-state index in [1.807, 2.05) is 0 Å². The molecule has 1 N–H and O–H groups in total. The van der Waals surface area contributed by atoms with Gasteiger partial charge in [0.25, 0.3) is 0 Å². The van der Waals surface area contributed by atoms with E-state index in [2.05, 4.69) is 10.3 Å². The molecule has 1 aromatic heterocycles. The first-order valence-corrected chi connectivity index (χ1v) is 9.53. The van der Waals surface area contributed by atoms with Crippen LogP contribution in [0.4, 0.5) is 0 Å². The van der Waals surface area contributed by atoms with Crippen molar-refractivity contribution in [1.29, 1.82) is 0 Å². The third-order valence-electron chi connectivity index (χ3n) is 3.67. The van der Waals surface area contributed by atoms with Gasteiger partial charge in [-0.2, -0.15) is 4.31 Å². The zero-order valence-corrected chi connectivity index (χ0v) is 14.1. The number of carbonyl (C=O) groups excluding carboxylic acids is 1. The quantitative estimate of drug-likeness (QED) is 0.745. The molecule has 0 aromatic carbocycles. The Kier molecular flexibility index (Phi) is 6.49. The van der Waals surface area contributed by atoms with Gasteiger partial charge in [-0.05, 0) is 25.0 Å². The number of rotatable bonds is 8. The summed E-state index contributed by atoms with van der Waals surface area (Å²) in [5, 5.41) is 2.79. The van der Waals surface area contributed by atoms with Crippen LogP contribution in [0.15, 0.2) is 24.4 Å². The van der Waals surface area contributed by atoms with Crippen LogP contribution in [0.1, 0.15) is 25.0 Å². The van der Waals surface area contributed by atoms with Gasteiger partial charge >= 0.3 is 0 Å². The van der Waals surface area contributed by atoms with Crippen LogP contribution in [-0.4, -0.2) is 55.7 Å². The van der Waals surface area contributed by atoms with E-state index >= 15 is 0 Å². The summed E-state index contributed by atoms with van der Waals surface area (Å²) in [5.41, 5.74) is 0.651. The van der Waals surface area contributed by atoms with Crippen molar-refractivity contribution in [2.75, 3.05) is 26.0 Å². The summed E-state index contributed by atoms with van der Waals surface area (Å²) < 4.78 is 30.4. The van der Waals surface area contributed by atoms with Crippen LogP contribution in [0.2, 0.25) is 0 Å². The van der Waals surface area contributed by atoms with E-state index in [0.29, 0.717) is 12.2 Å². The Bertz CT molecular complexity index is 600. The Morgan fingerprint density at radius 2 is 2.30 bits per heavy atom. The lowest BCUT2D eigenvalue weighted by Gasteiger charge is -2.19. The fourth-order valence-corrected chi connectivity index (χ4v) is 3.17. The van der Waals surface area contributed by atoms with Crippen molar-refractivity contribution in [2.24, 2.45) is 0 Å². The van der Waals surface area contributed by atoms with Crippen LogP contribution in [0.25, 0.3) is 0 Å². The summed E-state index contributed by atoms with van der Waals surface area (Å²) in [5.74, 6) is -0.171. The molecule has 0 spiro atoms. The first-order chi connectivity index (χ1) is 10.9. The predicted molar refractivity (Wildman–Crippen MR) is 86.1 cm³/mol. The average molecular weight is 341 g/mol. The van der Waals surface area contributed by atoms with Crippen molar-refractivity contribution in [2.45, 2.75) is 31.9 Å². The van der Waals surface area contributed by atoms with Gasteiger partial charge in [-0.1, -0.05) is 6.07 Å². The van der Waals surface area contributed by atoms with E-state index in [0.717, 1.165) is 25.7 Å². The Hall–Kier alpha value is -1.51. The first-order valence-electron chi connectivity index (χ1n) is 7.68. The van der Waals surface area contributed by atoms with Gasteiger partial charge in [-0.15, -0.1) is 0 Å². The first kappa shape index (κ1) is 17.8. The third kappa shape index (κ3) is 6.25. The molecule has 1 fully saturated rings. The summed E-state index contributed by atoms with van der Waals surface area (Å²) in [6, 6.07) is 5.33. The number of nitrogens with one attached hydrogen (secondary N) is 1. The molecule has 1 atom stereocenters. The van der Waals surface area contributed by atoms with E-state index in [1.54, 1.807) is 24.4 Å². The number of amides is 1. The molecule has 7 nitrogen and oxygen atoms in total. The van der Waals surface area contributed by atoms with Crippen LogP contribution in [0, 0.1) is 0 Å². The van der Waals surface area contributed by atoms with E-state index in [9.17, 15) is 13.2 Å². The van der Waals surface area contributed by atoms with Crippen molar-refractivity contribution in [3.8, 4) is 0 Å². The third-order valence-corrected chi connectivity index (χ3v) is 4.92. The second-order valence-corrected chi connectivity index (χ2v) is 7.59. The highest BCUT2D eigenvalue weighted by Gasteiger charge is 2.20. The van der Waals surface area contributed by atoms with Crippen LogP contribution in [0.3, 0.4) is 0 Å². The number of aromatic nitrogens is 1. The molecule has 128 valence electrons.